The SMILES string of the molecule is CN(C(=O)[C@H](CC1=CCCC=C1)NC(=O)NS(=O)(=O)c1ccccc1-c1cccnc1)c1ccc2c(c1)OCO2. The smallest absolute Gasteiger partial charge is 0.329 e. The first-order valence-corrected chi connectivity index (χ1v) is 14.2. The molecule has 10 nitrogen and oxygen atoms in total. The largest absolute Gasteiger partial charge is 0.454 e. The molecule has 0 bridgehead atoms. The van der Waals surface area contributed by atoms with E-state index >= 15 is 0 Å². The number of aromatic nitrogens is 1. The second kappa shape index (κ2) is 11.6. The van der Waals surface area contributed by atoms with Crippen LogP contribution >= 0.6 is 0 Å². The first kappa shape index (κ1) is 26.9. The first-order chi connectivity index (χ1) is 19.3. The van der Waals surface area contributed by atoms with Gasteiger partial charge in [0.2, 0.25) is 12.7 Å². The molecule has 40 heavy (non-hydrogen) atoms. The van der Waals surface area contributed by atoms with E-state index in [1.54, 1.807) is 68.0 Å². The van der Waals surface area contributed by atoms with Crippen molar-refractivity contribution in [3.05, 3.63) is 90.8 Å². The number of nitrogens with zero attached hydrogens (tertiary/aromatic N) is 2. The lowest BCUT2D eigenvalue weighted by Crippen LogP contribution is -2.51. The van der Waals surface area contributed by atoms with Gasteiger partial charge in [0, 0.05) is 48.7 Å². The van der Waals surface area contributed by atoms with Crippen LogP contribution in [0.3, 0.4) is 0 Å². The number of benzene rings is 2. The minimum Gasteiger partial charge on any atom is -0.454 e. The molecule has 0 spiro atoms. The van der Waals surface area contributed by atoms with Crippen molar-refractivity contribution in [3.63, 3.8) is 0 Å². The fourth-order valence-electron chi connectivity index (χ4n) is 4.54. The van der Waals surface area contributed by atoms with Gasteiger partial charge in [0.05, 0.1) is 4.90 Å². The second-order valence-corrected chi connectivity index (χ2v) is 10.9. The maximum Gasteiger partial charge on any atom is 0.329 e. The van der Waals surface area contributed by atoms with Crippen LogP contribution in [0.4, 0.5) is 10.5 Å². The average Bonchev–Trinajstić information content (AvgIpc) is 3.45. The number of allylic oxidation sites excluding steroid dienone is 3. The predicted octanol–water partition coefficient (Wildman–Crippen LogP) is 4.16. The number of ether oxygens (including phenoxy) is 2. The van der Waals surface area contributed by atoms with Crippen LogP contribution < -0.4 is 24.4 Å². The number of nitrogens with one attached hydrogen (secondary N) is 2. The van der Waals surface area contributed by atoms with Crippen molar-refractivity contribution in [3.8, 4) is 22.6 Å². The molecule has 0 saturated carbocycles. The van der Waals surface area contributed by atoms with Gasteiger partial charge in [-0.25, -0.2) is 17.9 Å². The Morgan fingerprint density at radius 3 is 2.65 bits per heavy atom. The summed E-state index contributed by atoms with van der Waals surface area (Å²) in [6.45, 7) is 0.0969. The maximum absolute atomic E-state index is 13.6. The molecule has 2 heterocycles. The van der Waals surface area contributed by atoms with Gasteiger partial charge in [-0.3, -0.25) is 9.78 Å². The lowest BCUT2D eigenvalue weighted by Gasteiger charge is -2.26. The van der Waals surface area contributed by atoms with E-state index < -0.39 is 28.0 Å². The number of urea groups is 1. The molecule has 0 saturated heterocycles. The summed E-state index contributed by atoms with van der Waals surface area (Å²) in [7, 11) is -2.71. The van der Waals surface area contributed by atoms with Crippen molar-refractivity contribution >= 4 is 27.6 Å². The molecule has 0 unspecified atom stereocenters. The van der Waals surface area contributed by atoms with E-state index in [-0.39, 0.29) is 18.1 Å². The minimum absolute atomic E-state index is 0.0866. The summed E-state index contributed by atoms with van der Waals surface area (Å²) in [4.78, 5) is 32.1. The Balaban J connectivity index is 1.37. The Kier molecular flexibility index (Phi) is 7.83. The number of hydrogen-bond donors (Lipinski definition) is 2. The van der Waals surface area contributed by atoms with Crippen LogP contribution in [-0.4, -0.2) is 45.2 Å². The number of carbonyl (C=O) groups excluding carboxylic acids is 2. The molecule has 1 aliphatic carbocycles. The number of carbonyl (C=O) groups is 2. The Hall–Kier alpha value is -4.64. The lowest BCUT2D eigenvalue weighted by atomic mass is 9.99. The summed E-state index contributed by atoms with van der Waals surface area (Å²) in [6, 6.07) is 12.8. The quantitative estimate of drug-likeness (QED) is 0.424. The molecule has 1 aliphatic heterocycles. The summed E-state index contributed by atoms with van der Waals surface area (Å²) in [5.41, 5.74) is 2.38. The molecule has 3 amide bonds. The van der Waals surface area contributed by atoms with E-state index in [0.29, 0.717) is 28.3 Å². The monoisotopic (exact) mass is 560 g/mol. The van der Waals surface area contributed by atoms with Crippen molar-refractivity contribution in [2.45, 2.75) is 30.2 Å². The predicted molar refractivity (Wildman–Crippen MR) is 149 cm³/mol. The van der Waals surface area contributed by atoms with Crippen LogP contribution in [0.15, 0.2) is 95.7 Å². The van der Waals surface area contributed by atoms with E-state index in [4.69, 9.17) is 9.47 Å². The minimum atomic E-state index is -4.30. The van der Waals surface area contributed by atoms with Crippen LogP contribution in [0, 0.1) is 0 Å². The number of likely N-dealkylation sites (N-methyl/N-ethyl adjacent to an activating group) is 1. The summed E-state index contributed by atoms with van der Waals surface area (Å²) in [5, 5.41) is 2.59. The Morgan fingerprint density at radius 2 is 1.88 bits per heavy atom. The molecular formula is C29H28N4O6S. The van der Waals surface area contributed by atoms with E-state index in [1.165, 1.54) is 11.0 Å². The zero-order valence-electron chi connectivity index (χ0n) is 21.7. The van der Waals surface area contributed by atoms with Gasteiger partial charge in [0.15, 0.2) is 11.5 Å². The van der Waals surface area contributed by atoms with Gasteiger partial charge in [0.25, 0.3) is 10.0 Å². The van der Waals surface area contributed by atoms with Gasteiger partial charge >= 0.3 is 6.03 Å². The van der Waals surface area contributed by atoms with Crippen molar-refractivity contribution in [2.24, 2.45) is 0 Å². The Bertz CT molecular complexity index is 1590. The fourth-order valence-corrected chi connectivity index (χ4v) is 5.68. The summed E-state index contributed by atoms with van der Waals surface area (Å²) < 4.78 is 39.5. The van der Waals surface area contributed by atoms with Gasteiger partial charge in [-0.2, -0.15) is 0 Å². The van der Waals surface area contributed by atoms with Crippen LogP contribution in [0.5, 0.6) is 11.5 Å². The number of hydrogen-bond acceptors (Lipinski definition) is 7. The standard InChI is InChI=1S/C29H28N4O6S/c1-33(22-13-14-25-26(17-22)39-19-38-25)28(34)24(16-20-8-3-2-4-9-20)31-29(35)32-40(36,37)27-12-6-5-11-23(27)21-10-7-15-30-18-21/h3,5-15,17-18,24H,2,4,16,19H2,1H3,(H2,31,32,35)/t24-/m0/s1. The van der Waals surface area contributed by atoms with Crippen LogP contribution in [0.25, 0.3) is 11.1 Å². The van der Waals surface area contributed by atoms with E-state index in [1.807, 2.05) is 18.2 Å². The highest BCUT2D eigenvalue weighted by molar-refractivity contribution is 7.90. The van der Waals surface area contributed by atoms with E-state index in [0.717, 1.165) is 18.4 Å². The first-order valence-electron chi connectivity index (χ1n) is 12.7. The van der Waals surface area contributed by atoms with Gasteiger partial charge in [-0.1, -0.05) is 42.5 Å². The zero-order valence-corrected chi connectivity index (χ0v) is 22.6. The molecule has 0 radical (unpaired) electrons. The summed E-state index contributed by atoms with van der Waals surface area (Å²) >= 11 is 0. The number of sulfonamides is 1. The third-order valence-electron chi connectivity index (χ3n) is 6.57. The van der Waals surface area contributed by atoms with E-state index in [9.17, 15) is 18.0 Å². The number of fused-ring (bicyclic) bond motifs is 1. The molecule has 0 fully saturated rings. The van der Waals surface area contributed by atoms with Gasteiger partial charge < -0.3 is 19.7 Å². The topological polar surface area (TPSA) is 127 Å². The van der Waals surface area contributed by atoms with Crippen molar-refractivity contribution in [1.82, 2.24) is 15.0 Å². The van der Waals surface area contributed by atoms with Crippen LogP contribution in [0.1, 0.15) is 19.3 Å². The van der Waals surface area contributed by atoms with Gasteiger partial charge in [0.1, 0.15) is 6.04 Å². The van der Waals surface area contributed by atoms with Crippen molar-refractivity contribution in [2.75, 3.05) is 18.7 Å². The normalized spacial score (nSPS) is 14.7. The number of pyridine rings is 1. The molecule has 1 atom stereocenters. The third kappa shape index (κ3) is 5.99. The number of amides is 3. The molecule has 5 rings (SSSR count). The number of rotatable bonds is 8. The average molecular weight is 561 g/mol. The molecular weight excluding hydrogens is 532 g/mol. The summed E-state index contributed by atoms with van der Waals surface area (Å²) in [6.07, 6.45) is 10.9. The zero-order chi connectivity index (χ0) is 28.1. The van der Waals surface area contributed by atoms with Crippen molar-refractivity contribution < 1.29 is 27.5 Å². The van der Waals surface area contributed by atoms with Crippen LogP contribution in [0.2, 0.25) is 0 Å². The highest BCUT2D eigenvalue weighted by Crippen LogP contribution is 2.35. The highest BCUT2D eigenvalue weighted by atomic mass is 32.2. The molecule has 1 aromatic heterocycles. The molecule has 206 valence electrons. The summed E-state index contributed by atoms with van der Waals surface area (Å²) in [5.74, 6) is 0.658. The van der Waals surface area contributed by atoms with Gasteiger partial charge in [-0.05, 0) is 42.7 Å². The van der Waals surface area contributed by atoms with Crippen LogP contribution in [-0.2, 0) is 14.8 Å². The fraction of sp³-hybridized carbons (Fsp3) is 0.207. The Labute approximate surface area is 232 Å². The molecule has 2 aliphatic rings. The lowest BCUT2D eigenvalue weighted by molar-refractivity contribution is -0.120. The molecule has 11 heteroatoms. The molecule has 3 aromatic rings. The van der Waals surface area contributed by atoms with Gasteiger partial charge in [-0.15, -0.1) is 0 Å². The number of anilines is 1. The van der Waals surface area contributed by atoms with E-state index in [2.05, 4.69) is 15.0 Å². The van der Waals surface area contributed by atoms with Crippen molar-refractivity contribution in [1.29, 1.82) is 0 Å². The highest BCUT2D eigenvalue weighted by Gasteiger charge is 2.29. The second-order valence-electron chi connectivity index (χ2n) is 9.27. The maximum atomic E-state index is 13.6. The molecule has 2 aromatic carbocycles. The Morgan fingerprint density at radius 1 is 1.05 bits per heavy atom. The molecule has 2 N–H and O–H groups in total. The third-order valence-corrected chi connectivity index (χ3v) is 7.95.